The number of aromatic nitrogens is 5. The van der Waals surface area contributed by atoms with Crippen LogP contribution in [0, 0.1) is 12.7 Å². The maximum atomic E-state index is 14.2. The Labute approximate surface area is 195 Å². The zero-order valence-corrected chi connectivity index (χ0v) is 18.8. The third-order valence-electron chi connectivity index (χ3n) is 5.64. The molecule has 0 spiro atoms. The number of aryl methyl sites for hydroxylation is 1. The molecule has 0 saturated heterocycles. The highest BCUT2D eigenvalue weighted by atomic mass is 19.1. The summed E-state index contributed by atoms with van der Waals surface area (Å²) in [4.78, 5) is 12.4. The summed E-state index contributed by atoms with van der Waals surface area (Å²) in [6.45, 7) is 5.81. The van der Waals surface area contributed by atoms with Crippen LogP contribution in [0.2, 0.25) is 0 Å². The Morgan fingerprint density at radius 3 is 2.76 bits per heavy atom. The van der Waals surface area contributed by atoms with Crippen molar-refractivity contribution in [2.45, 2.75) is 6.92 Å². The van der Waals surface area contributed by atoms with E-state index < -0.39 is 0 Å². The molecule has 0 fully saturated rings. The first-order valence-corrected chi connectivity index (χ1v) is 10.7. The number of benzene rings is 1. The summed E-state index contributed by atoms with van der Waals surface area (Å²) in [7, 11) is 1.52. The molecule has 4 aromatic heterocycles. The van der Waals surface area contributed by atoms with E-state index in [-0.39, 0.29) is 5.82 Å². The van der Waals surface area contributed by atoms with E-state index in [9.17, 15) is 4.39 Å². The molecule has 5 aromatic rings. The fourth-order valence-electron chi connectivity index (χ4n) is 4.04. The van der Waals surface area contributed by atoms with E-state index in [0.29, 0.717) is 17.0 Å². The third-order valence-corrected chi connectivity index (χ3v) is 5.64. The number of aromatic amines is 2. The van der Waals surface area contributed by atoms with E-state index in [1.807, 2.05) is 43.3 Å². The fourth-order valence-corrected chi connectivity index (χ4v) is 4.04. The van der Waals surface area contributed by atoms with Gasteiger partial charge < -0.3 is 9.72 Å². The highest BCUT2D eigenvalue weighted by molar-refractivity contribution is 5.94. The Balaban J connectivity index is 1.61. The number of H-pyrrole nitrogens is 2. The molecule has 34 heavy (non-hydrogen) atoms. The average molecular weight is 452 g/mol. The summed E-state index contributed by atoms with van der Waals surface area (Å²) in [6, 6.07) is 14.4. The lowest BCUT2D eigenvalue weighted by Gasteiger charge is -2.09. The van der Waals surface area contributed by atoms with Gasteiger partial charge in [0.1, 0.15) is 17.3 Å². The number of fused-ring (bicyclic) bond motifs is 1. The van der Waals surface area contributed by atoms with Crippen molar-refractivity contribution in [2.24, 2.45) is 0 Å². The second-order valence-corrected chi connectivity index (χ2v) is 7.82. The summed E-state index contributed by atoms with van der Waals surface area (Å²) < 4.78 is 19.5. The van der Waals surface area contributed by atoms with Gasteiger partial charge in [-0.25, -0.2) is 9.37 Å². The standard InChI is InChI=1S/C27H22FN5O/c1-4-7-21(17-10-19(28)13-20(11-17)34-3)22-14-25(31-16(22)2)26-23-12-18(15-30-27(23)33-32-26)24-8-5-6-9-29-24/h4-15,31H,1H2,2-3H3,(H,30,32,33)/b21-7-. The molecule has 0 aliphatic carbocycles. The van der Waals surface area contributed by atoms with Crippen LogP contribution in [0.3, 0.4) is 0 Å². The molecule has 0 atom stereocenters. The van der Waals surface area contributed by atoms with Gasteiger partial charge in [-0.15, -0.1) is 0 Å². The predicted molar refractivity (Wildman–Crippen MR) is 132 cm³/mol. The summed E-state index contributed by atoms with van der Waals surface area (Å²) in [5.74, 6) is 0.0777. The molecule has 0 unspecified atom stereocenters. The Morgan fingerprint density at radius 1 is 1.12 bits per heavy atom. The van der Waals surface area contributed by atoms with Crippen LogP contribution in [0.25, 0.3) is 39.3 Å². The molecular weight excluding hydrogens is 429 g/mol. The number of hydrogen-bond acceptors (Lipinski definition) is 4. The topological polar surface area (TPSA) is 79.5 Å². The molecular formula is C27H22FN5O. The van der Waals surface area contributed by atoms with E-state index in [2.05, 4.69) is 31.7 Å². The lowest BCUT2D eigenvalue weighted by atomic mass is 9.97. The molecule has 0 aliphatic rings. The van der Waals surface area contributed by atoms with Crippen LogP contribution in [0.4, 0.5) is 4.39 Å². The normalized spacial score (nSPS) is 11.7. The van der Waals surface area contributed by atoms with Crippen LogP contribution in [0.15, 0.2) is 79.7 Å². The molecule has 0 radical (unpaired) electrons. The van der Waals surface area contributed by atoms with E-state index in [4.69, 9.17) is 4.74 Å². The van der Waals surface area contributed by atoms with Crippen molar-refractivity contribution in [2.75, 3.05) is 7.11 Å². The molecule has 0 bridgehead atoms. The maximum Gasteiger partial charge on any atom is 0.155 e. The predicted octanol–water partition coefficient (Wildman–Crippen LogP) is 6.09. The van der Waals surface area contributed by atoms with Crippen LogP contribution in [0.5, 0.6) is 5.75 Å². The number of nitrogens with zero attached hydrogens (tertiary/aromatic N) is 3. The Kier molecular flexibility index (Phi) is 5.51. The first-order valence-electron chi connectivity index (χ1n) is 10.7. The molecule has 0 saturated carbocycles. The second-order valence-electron chi connectivity index (χ2n) is 7.82. The quantitative estimate of drug-likeness (QED) is 0.306. The summed E-state index contributed by atoms with van der Waals surface area (Å²) in [5, 5.41) is 8.39. The Bertz CT molecular complexity index is 1530. The van der Waals surface area contributed by atoms with Gasteiger partial charge in [0.25, 0.3) is 0 Å². The minimum atomic E-state index is -0.371. The fraction of sp³-hybridized carbons (Fsp3) is 0.0741. The van der Waals surface area contributed by atoms with Gasteiger partial charge in [-0.3, -0.25) is 10.1 Å². The van der Waals surface area contributed by atoms with Crippen molar-refractivity contribution in [3.05, 3.63) is 102 Å². The highest BCUT2D eigenvalue weighted by Gasteiger charge is 2.18. The van der Waals surface area contributed by atoms with Crippen LogP contribution in [-0.2, 0) is 0 Å². The molecule has 4 heterocycles. The van der Waals surface area contributed by atoms with Gasteiger partial charge in [0, 0.05) is 40.7 Å². The lowest BCUT2D eigenvalue weighted by molar-refractivity contribution is 0.411. The second kappa shape index (κ2) is 8.78. The SMILES string of the molecule is C=C/C=C(/c1cc(F)cc(OC)c1)c1cc(-c2n[nH]c3ncc(-c4ccccn4)cc23)[nH]c1C. The largest absolute Gasteiger partial charge is 0.497 e. The summed E-state index contributed by atoms with van der Waals surface area (Å²) in [5.41, 5.74) is 7.31. The number of rotatable bonds is 6. The summed E-state index contributed by atoms with van der Waals surface area (Å²) in [6.07, 6.45) is 7.08. The number of allylic oxidation sites excluding steroid dienone is 2. The van der Waals surface area contributed by atoms with Crippen molar-refractivity contribution >= 4 is 16.6 Å². The molecule has 2 N–H and O–H groups in total. The molecule has 1 aromatic carbocycles. The van der Waals surface area contributed by atoms with Gasteiger partial charge in [0.05, 0.1) is 18.5 Å². The van der Waals surface area contributed by atoms with Crippen molar-refractivity contribution in [1.82, 2.24) is 25.1 Å². The van der Waals surface area contributed by atoms with E-state index in [0.717, 1.165) is 44.9 Å². The number of halogens is 1. The van der Waals surface area contributed by atoms with Gasteiger partial charge in [-0.2, -0.15) is 5.10 Å². The molecule has 7 heteroatoms. The molecule has 0 aliphatic heterocycles. The maximum absolute atomic E-state index is 14.2. The highest BCUT2D eigenvalue weighted by Crippen LogP contribution is 2.34. The van der Waals surface area contributed by atoms with Gasteiger partial charge in [-0.1, -0.05) is 24.8 Å². The van der Waals surface area contributed by atoms with Gasteiger partial charge in [0.2, 0.25) is 0 Å². The lowest BCUT2D eigenvalue weighted by Crippen LogP contribution is -1.92. The number of hydrogen-bond donors (Lipinski definition) is 2. The number of ether oxygens (including phenoxy) is 1. The van der Waals surface area contributed by atoms with Crippen LogP contribution < -0.4 is 4.74 Å². The first-order chi connectivity index (χ1) is 16.6. The zero-order chi connectivity index (χ0) is 23.7. The van der Waals surface area contributed by atoms with Crippen LogP contribution in [-0.4, -0.2) is 32.3 Å². The van der Waals surface area contributed by atoms with Gasteiger partial charge in [-0.05, 0) is 54.5 Å². The number of nitrogens with one attached hydrogen (secondary N) is 2. The van der Waals surface area contributed by atoms with Crippen LogP contribution >= 0.6 is 0 Å². The monoisotopic (exact) mass is 451 g/mol. The van der Waals surface area contributed by atoms with Crippen molar-refractivity contribution in [3.8, 4) is 28.4 Å². The molecule has 168 valence electrons. The van der Waals surface area contributed by atoms with Crippen LogP contribution in [0.1, 0.15) is 16.8 Å². The zero-order valence-electron chi connectivity index (χ0n) is 18.8. The summed E-state index contributed by atoms with van der Waals surface area (Å²) >= 11 is 0. The minimum Gasteiger partial charge on any atom is -0.497 e. The minimum absolute atomic E-state index is 0.371. The van der Waals surface area contributed by atoms with E-state index in [1.54, 1.807) is 24.5 Å². The van der Waals surface area contributed by atoms with Crippen molar-refractivity contribution < 1.29 is 9.13 Å². The van der Waals surface area contributed by atoms with Gasteiger partial charge in [0.15, 0.2) is 5.65 Å². The van der Waals surface area contributed by atoms with Gasteiger partial charge >= 0.3 is 0 Å². The number of pyridine rings is 2. The molecule has 5 rings (SSSR count). The van der Waals surface area contributed by atoms with E-state index in [1.165, 1.54) is 19.2 Å². The molecule has 0 amide bonds. The molecule has 6 nitrogen and oxygen atoms in total. The Morgan fingerprint density at radius 2 is 2.00 bits per heavy atom. The van der Waals surface area contributed by atoms with E-state index >= 15 is 0 Å². The first kappa shape index (κ1) is 21.3. The Hall–Kier alpha value is -4.52. The smallest absolute Gasteiger partial charge is 0.155 e. The number of methoxy groups -OCH3 is 1. The third kappa shape index (κ3) is 3.88. The average Bonchev–Trinajstić information content (AvgIpc) is 3.45. The van der Waals surface area contributed by atoms with Crippen molar-refractivity contribution in [1.29, 1.82) is 0 Å². The van der Waals surface area contributed by atoms with Crippen molar-refractivity contribution in [3.63, 3.8) is 0 Å².